The lowest BCUT2D eigenvalue weighted by Crippen LogP contribution is -2.55. The number of piperidine rings is 1. The third-order valence-corrected chi connectivity index (χ3v) is 5.09. The Balaban J connectivity index is 1.51. The van der Waals surface area contributed by atoms with Crippen molar-refractivity contribution >= 4 is 0 Å². The summed E-state index contributed by atoms with van der Waals surface area (Å²) in [6.07, 6.45) is 4.32. The second-order valence-corrected chi connectivity index (χ2v) is 6.34. The lowest BCUT2D eigenvalue weighted by molar-refractivity contribution is 0.0405. The van der Waals surface area contributed by atoms with Crippen molar-refractivity contribution in [2.45, 2.75) is 32.2 Å². The second-order valence-electron chi connectivity index (χ2n) is 6.34. The van der Waals surface area contributed by atoms with Crippen LogP contribution in [-0.2, 0) is 0 Å². The van der Waals surface area contributed by atoms with Crippen LogP contribution in [0.2, 0.25) is 0 Å². The number of fused-ring (bicyclic) bond motifs is 1. The fourth-order valence-electron chi connectivity index (χ4n) is 3.83. The third kappa shape index (κ3) is 2.67. The van der Waals surface area contributed by atoms with E-state index in [1.165, 1.54) is 65.1 Å². The summed E-state index contributed by atoms with van der Waals surface area (Å²) in [5.41, 5.74) is 0. The van der Waals surface area contributed by atoms with Crippen molar-refractivity contribution in [2.75, 3.05) is 45.8 Å². The van der Waals surface area contributed by atoms with Gasteiger partial charge in [-0.15, -0.1) is 0 Å². The van der Waals surface area contributed by atoms with Gasteiger partial charge in [0, 0.05) is 32.2 Å². The first-order valence-corrected chi connectivity index (χ1v) is 7.50. The molecule has 3 aliphatic rings. The van der Waals surface area contributed by atoms with Crippen molar-refractivity contribution in [3.05, 3.63) is 0 Å². The molecule has 0 spiro atoms. The van der Waals surface area contributed by atoms with Gasteiger partial charge in [0.15, 0.2) is 0 Å². The van der Waals surface area contributed by atoms with Crippen molar-refractivity contribution in [3.8, 4) is 0 Å². The zero-order chi connectivity index (χ0) is 11.7. The molecule has 3 atom stereocenters. The van der Waals surface area contributed by atoms with Crippen LogP contribution in [0.15, 0.2) is 0 Å². The van der Waals surface area contributed by atoms with E-state index in [1.807, 2.05) is 0 Å². The minimum absolute atomic E-state index is 0.874. The van der Waals surface area contributed by atoms with Crippen molar-refractivity contribution in [1.82, 2.24) is 15.1 Å². The molecule has 0 aromatic rings. The average molecular weight is 237 g/mol. The quantitative estimate of drug-likeness (QED) is 0.773. The monoisotopic (exact) mass is 237 g/mol. The first-order chi connectivity index (χ1) is 8.33. The lowest BCUT2D eigenvalue weighted by atomic mass is 9.95. The Bertz CT molecular complexity index is 256. The molecule has 0 aromatic carbocycles. The van der Waals surface area contributed by atoms with E-state index in [2.05, 4.69) is 22.0 Å². The highest BCUT2D eigenvalue weighted by Gasteiger charge is 2.31. The summed E-state index contributed by atoms with van der Waals surface area (Å²) in [5, 5.41) is 3.53. The molecule has 0 aromatic heterocycles. The molecule has 3 rings (SSSR count). The van der Waals surface area contributed by atoms with Gasteiger partial charge in [-0.25, -0.2) is 0 Å². The second kappa shape index (κ2) is 5.25. The number of piperazine rings is 1. The van der Waals surface area contributed by atoms with E-state index in [1.54, 1.807) is 0 Å². The molecule has 3 fully saturated rings. The summed E-state index contributed by atoms with van der Waals surface area (Å²) in [5.74, 6) is 1.77. The SMILES string of the molecule is CC1CNCC1CN1CCN2CCCCC2C1. The Morgan fingerprint density at radius 3 is 2.88 bits per heavy atom. The molecule has 0 bridgehead atoms. The van der Waals surface area contributed by atoms with E-state index >= 15 is 0 Å². The van der Waals surface area contributed by atoms with Gasteiger partial charge in [0.25, 0.3) is 0 Å². The van der Waals surface area contributed by atoms with Crippen LogP contribution in [-0.4, -0.2) is 61.7 Å². The summed E-state index contributed by atoms with van der Waals surface area (Å²) >= 11 is 0. The van der Waals surface area contributed by atoms with E-state index in [0.29, 0.717) is 0 Å². The van der Waals surface area contributed by atoms with Gasteiger partial charge in [-0.2, -0.15) is 0 Å². The smallest absolute Gasteiger partial charge is 0.0223 e. The fourth-order valence-corrected chi connectivity index (χ4v) is 3.83. The minimum Gasteiger partial charge on any atom is -0.316 e. The summed E-state index contributed by atoms with van der Waals surface area (Å²) in [6.45, 7) is 11.5. The van der Waals surface area contributed by atoms with Crippen molar-refractivity contribution in [2.24, 2.45) is 11.8 Å². The van der Waals surface area contributed by atoms with E-state index in [0.717, 1.165) is 17.9 Å². The fraction of sp³-hybridized carbons (Fsp3) is 1.00. The first kappa shape index (κ1) is 11.9. The maximum absolute atomic E-state index is 3.53. The number of hydrogen-bond donors (Lipinski definition) is 1. The zero-order valence-corrected chi connectivity index (χ0v) is 11.2. The molecule has 98 valence electrons. The highest BCUT2D eigenvalue weighted by atomic mass is 15.3. The predicted molar refractivity (Wildman–Crippen MR) is 71.2 cm³/mol. The van der Waals surface area contributed by atoms with Gasteiger partial charge in [0.05, 0.1) is 0 Å². The summed E-state index contributed by atoms with van der Waals surface area (Å²) in [7, 11) is 0. The zero-order valence-electron chi connectivity index (χ0n) is 11.2. The molecule has 0 radical (unpaired) electrons. The van der Waals surface area contributed by atoms with Crippen molar-refractivity contribution in [3.63, 3.8) is 0 Å². The molecular weight excluding hydrogens is 210 g/mol. The van der Waals surface area contributed by atoms with Gasteiger partial charge in [0.2, 0.25) is 0 Å². The molecule has 3 heterocycles. The van der Waals surface area contributed by atoms with Crippen LogP contribution in [0.1, 0.15) is 26.2 Å². The molecule has 3 heteroatoms. The van der Waals surface area contributed by atoms with Gasteiger partial charge in [0.1, 0.15) is 0 Å². The molecule has 0 aliphatic carbocycles. The van der Waals surface area contributed by atoms with Crippen molar-refractivity contribution < 1.29 is 0 Å². The standard InChI is InChI=1S/C14H27N3/c1-12-8-15-9-13(12)10-16-6-7-17-5-3-2-4-14(17)11-16/h12-15H,2-11H2,1H3. The molecule has 3 saturated heterocycles. The van der Waals surface area contributed by atoms with Crippen LogP contribution in [0.5, 0.6) is 0 Å². The van der Waals surface area contributed by atoms with Crippen molar-refractivity contribution in [1.29, 1.82) is 0 Å². The van der Waals surface area contributed by atoms with E-state index < -0.39 is 0 Å². The summed E-state index contributed by atoms with van der Waals surface area (Å²) in [4.78, 5) is 5.47. The Labute approximate surface area is 106 Å². The number of hydrogen-bond acceptors (Lipinski definition) is 3. The molecule has 0 saturated carbocycles. The van der Waals surface area contributed by atoms with E-state index in [9.17, 15) is 0 Å². The van der Waals surface area contributed by atoms with Gasteiger partial charge in [-0.05, 0) is 44.3 Å². The molecule has 3 unspecified atom stereocenters. The molecule has 3 aliphatic heterocycles. The largest absolute Gasteiger partial charge is 0.316 e. The maximum Gasteiger partial charge on any atom is 0.0223 e. The molecule has 3 nitrogen and oxygen atoms in total. The average Bonchev–Trinajstić information content (AvgIpc) is 2.75. The maximum atomic E-state index is 3.53. The molecular formula is C14H27N3. The molecule has 1 N–H and O–H groups in total. The number of nitrogens with zero attached hydrogens (tertiary/aromatic N) is 2. The highest BCUT2D eigenvalue weighted by Crippen LogP contribution is 2.23. The van der Waals surface area contributed by atoms with E-state index in [4.69, 9.17) is 0 Å². The number of nitrogens with one attached hydrogen (secondary N) is 1. The van der Waals surface area contributed by atoms with Crippen LogP contribution in [0.4, 0.5) is 0 Å². The van der Waals surface area contributed by atoms with Gasteiger partial charge in [-0.3, -0.25) is 4.90 Å². The lowest BCUT2D eigenvalue weighted by Gasteiger charge is -2.44. The van der Waals surface area contributed by atoms with E-state index in [-0.39, 0.29) is 0 Å². The first-order valence-electron chi connectivity index (χ1n) is 7.50. The normalized spacial score (nSPS) is 40.4. The van der Waals surface area contributed by atoms with Crippen LogP contribution in [0.3, 0.4) is 0 Å². The molecule has 0 amide bonds. The third-order valence-electron chi connectivity index (χ3n) is 5.09. The Hall–Kier alpha value is -0.120. The minimum atomic E-state index is 0.874. The number of rotatable bonds is 2. The Morgan fingerprint density at radius 2 is 2.06 bits per heavy atom. The van der Waals surface area contributed by atoms with Crippen LogP contribution in [0.25, 0.3) is 0 Å². The summed E-state index contributed by atoms with van der Waals surface area (Å²) < 4.78 is 0. The van der Waals surface area contributed by atoms with Gasteiger partial charge < -0.3 is 10.2 Å². The molecule has 17 heavy (non-hydrogen) atoms. The Kier molecular flexibility index (Phi) is 3.69. The predicted octanol–water partition coefficient (Wildman–Crippen LogP) is 1.01. The highest BCUT2D eigenvalue weighted by molar-refractivity contribution is 4.88. The van der Waals surface area contributed by atoms with Gasteiger partial charge >= 0.3 is 0 Å². The topological polar surface area (TPSA) is 18.5 Å². The Morgan fingerprint density at radius 1 is 1.12 bits per heavy atom. The van der Waals surface area contributed by atoms with Crippen LogP contribution >= 0.6 is 0 Å². The summed E-state index contributed by atoms with van der Waals surface area (Å²) in [6, 6.07) is 0.877. The van der Waals surface area contributed by atoms with Crippen LogP contribution < -0.4 is 5.32 Å². The van der Waals surface area contributed by atoms with Gasteiger partial charge in [-0.1, -0.05) is 13.3 Å². The van der Waals surface area contributed by atoms with Crippen LogP contribution in [0, 0.1) is 11.8 Å².